The molecule has 0 bridgehead atoms. The Hall–Kier alpha value is -16.2. The summed E-state index contributed by atoms with van der Waals surface area (Å²) in [4.78, 5) is 5.32. The molecule has 25 aromatic rings. The Morgan fingerprint density at radius 3 is 1.14 bits per heavy atom. The molecule has 3 aromatic heterocycles. The summed E-state index contributed by atoms with van der Waals surface area (Å²) in [6.07, 6.45) is 0. The van der Waals surface area contributed by atoms with Crippen LogP contribution >= 0.6 is 0 Å². The van der Waals surface area contributed by atoms with E-state index in [-0.39, 0.29) is 13.7 Å². The van der Waals surface area contributed by atoms with E-state index in [0.717, 1.165) is 89.1 Å². The predicted octanol–water partition coefficient (Wildman–Crippen LogP) is 29.7. The topological polar surface area (TPSA) is 29.5 Å². The van der Waals surface area contributed by atoms with Gasteiger partial charge in [-0.3, -0.25) is 0 Å². The van der Waals surface area contributed by atoms with Gasteiger partial charge in [-0.15, -0.1) is 0 Å². The van der Waals surface area contributed by atoms with Gasteiger partial charge >= 0.3 is 13.7 Å². The SMILES string of the molecule is Cc1c2c(cc3cc4ccc(-c5ccc6c(c5)oc5c7c8c(cc56)N(c5cc(-c6ccccc6)cc(-c6ccccc6)c5)c5c(cc6cc9ccccc9cc6c5C)B8n5c6ccccc6c6c8ccccc8cc-7c65)cc4cc13)B1c3c(cc4ccccc4c3-c3cc4ccccc4c4c5ccccc5n1c34)N2c1cc(-c2ccccc2)cc(-c2ccccc2)c1. The van der Waals surface area contributed by atoms with Crippen molar-refractivity contribution in [3.8, 4) is 77.9 Å². The summed E-state index contributed by atoms with van der Waals surface area (Å²) in [6.45, 7) is 4.34. The van der Waals surface area contributed by atoms with Gasteiger partial charge in [-0.25, -0.2) is 0 Å². The highest BCUT2D eigenvalue weighted by Crippen LogP contribution is 2.56. The van der Waals surface area contributed by atoms with Crippen LogP contribution in [-0.2, 0) is 0 Å². The van der Waals surface area contributed by atoms with Crippen LogP contribution in [-0.4, -0.2) is 22.7 Å². The number of rotatable bonds is 7. The summed E-state index contributed by atoms with van der Waals surface area (Å²) in [5, 5.41) is 24.4. The van der Waals surface area contributed by atoms with Gasteiger partial charge < -0.3 is 23.2 Å². The molecule has 0 radical (unpaired) electrons. The first-order valence-electron chi connectivity index (χ1n) is 44.4. The van der Waals surface area contributed by atoms with Crippen LogP contribution < -0.4 is 31.7 Å². The van der Waals surface area contributed by atoms with Crippen LogP contribution in [0.3, 0.4) is 0 Å². The minimum Gasteiger partial charge on any atom is -0.455 e. The lowest BCUT2D eigenvalue weighted by Crippen LogP contribution is -2.57. The molecule has 0 N–H and O–H groups in total. The quantitative estimate of drug-likeness (QED) is 0.118. The van der Waals surface area contributed by atoms with Crippen LogP contribution in [0.15, 0.2) is 405 Å². The molecule has 7 heteroatoms. The second-order valence-corrected chi connectivity index (χ2v) is 35.7. The zero-order valence-electron chi connectivity index (χ0n) is 69.5. The molecule has 0 fully saturated rings. The summed E-state index contributed by atoms with van der Waals surface area (Å²) >= 11 is 0. The Morgan fingerprint density at radius 2 is 0.630 bits per heavy atom. The van der Waals surface area contributed by atoms with Gasteiger partial charge in [0.15, 0.2) is 0 Å². The lowest BCUT2D eigenvalue weighted by molar-refractivity contribution is 0.670. The van der Waals surface area contributed by atoms with Crippen molar-refractivity contribution in [1.29, 1.82) is 0 Å². The first kappa shape index (κ1) is 69.3. The van der Waals surface area contributed by atoms with Crippen molar-refractivity contribution in [2.45, 2.75) is 13.8 Å². The van der Waals surface area contributed by atoms with Crippen LogP contribution in [0.25, 0.3) is 219 Å². The molecule has 4 aliphatic heterocycles. The van der Waals surface area contributed by atoms with Crippen molar-refractivity contribution < 1.29 is 4.42 Å². The fourth-order valence-corrected chi connectivity index (χ4v) is 23.7. The highest BCUT2D eigenvalue weighted by atomic mass is 16.3. The van der Waals surface area contributed by atoms with E-state index < -0.39 is 0 Å². The molecule has 0 aliphatic carbocycles. The third-order valence-corrected chi connectivity index (χ3v) is 29.1. The number of hydrogen-bond acceptors (Lipinski definition) is 3. The second kappa shape index (κ2) is 25.7. The van der Waals surface area contributed by atoms with Gasteiger partial charge in [0.2, 0.25) is 0 Å². The molecule has 584 valence electrons. The van der Waals surface area contributed by atoms with Crippen LogP contribution in [0.2, 0.25) is 0 Å². The van der Waals surface area contributed by atoms with E-state index in [1.165, 1.54) is 197 Å². The molecule has 4 aliphatic rings. The number of furan rings is 1. The van der Waals surface area contributed by atoms with Crippen LogP contribution in [0, 0.1) is 13.8 Å². The molecular weight excluding hydrogens is 1530 g/mol. The third kappa shape index (κ3) is 9.64. The maximum atomic E-state index is 7.89. The largest absolute Gasteiger partial charge is 0.455 e. The zero-order chi connectivity index (χ0) is 82.9. The van der Waals surface area contributed by atoms with E-state index in [1.54, 1.807) is 0 Å². The highest BCUT2D eigenvalue weighted by Gasteiger charge is 2.48. The molecule has 0 saturated heterocycles. The smallest absolute Gasteiger partial charge is 0.333 e. The average Bonchev–Trinajstić information content (AvgIpc) is 1.58. The van der Waals surface area contributed by atoms with Crippen LogP contribution in [0.1, 0.15) is 11.1 Å². The maximum Gasteiger partial charge on any atom is 0.333 e. The van der Waals surface area contributed by atoms with Crippen molar-refractivity contribution in [3.63, 3.8) is 0 Å². The summed E-state index contributed by atoms with van der Waals surface area (Å²) in [5.41, 5.74) is 37.5. The number of nitrogens with zero attached hydrogens (tertiary/aromatic N) is 4. The zero-order valence-corrected chi connectivity index (χ0v) is 69.5. The minimum absolute atomic E-state index is 0.186. The first-order valence-corrected chi connectivity index (χ1v) is 44.4. The van der Waals surface area contributed by atoms with Crippen molar-refractivity contribution in [3.05, 3.63) is 412 Å². The molecular formula is C120H72B2N4O. The van der Waals surface area contributed by atoms with Gasteiger partial charge in [-0.1, -0.05) is 285 Å². The van der Waals surface area contributed by atoms with Gasteiger partial charge in [0.05, 0.1) is 0 Å². The molecule has 7 heterocycles. The van der Waals surface area contributed by atoms with E-state index in [2.05, 4.69) is 433 Å². The second-order valence-electron chi connectivity index (χ2n) is 35.7. The van der Waals surface area contributed by atoms with Gasteiger partial charge in [0.25, 0.3) is 0 Å². The molecule has 127 heavy (non-hydrogen) atoms. The van der Waals surface area contributed by atoms with Gasteiger partial charge in [-0.05, 0) is 299 Å². The number of anilines is 6. The molecule has 0 atom stereocenters. The number of hydrogen-bond donors (Lipinski definition) is 0. The summed E-state index contributed by atoms with van der Waals surface area (Å²) in [7, 11) is 0. The summed E-state index contributed by atoms with van der Waals surface area (Å²) in [5.74, 6) is 0. The lowest BCUT2D eigenvalue weighted by Gasteiger charge is -2.42. The monoisotopic (exact) mass is 1610 g/mol. The van der Waals surface area contributed by atoms with Crippen LogP contribution in [0.4, 0.5) is 34.1 Å². The van der Waals surface area contributed by atoms with Crippen LogP contribution in [0.5, 0.6) is 0 Å². The molecule has 0 amide bonds. The normalized spacial score (nSPS) is 13.1. The molecule has 22 aromatic carbocycles. The predicted molar refractivity (Wildman–Crippen MR) is 540 cm³/mol. The van der Waals surface area contributed by atoms with Gasteiger partial charge in [0.1, 0.15) is 11.2 Å². The van der Waals surface area contributed by atoms with Crippen molar-refractivity contribution in [1.82, 2.24) is 8.96 Å². The Labute approximate surface area is 731 Å². The fraction of sp³-hybridized carbons (Fsp3) is 0.0167. The number of aryl methyl sites for hydroxylation is 2. The number of aromatic nitrogens is 2. The highest BCUT2D eigenvalue weighted by molar-refractivity contribution is 6.92. The van der Waals surface area contributed by atoms with E-state index >= 15 is 0 Å². The molecule has 0 unspecified atom stereocenters. The van der Waals surface area contributed by atoms with E-state index in [9.17, 15) is 0 Å². The minimum atomic E-state index is -0.258. The van der Waals surface area contributed by atoms with Crippen molar-refractivity contribution in [2.75, 3.05) is 9.80 Å². The molecule has 29 rings (SSSR count). The van der Waals surface area contributed by atoms with E-state index in [4.69, 9.17) is 4.42 Å². The summed E-state index contributed by atoms with van der Waals surface area (Å²) in [6, 6.07) is 152. The standard InChI is InChI=1S/C120H72B2N4O/c1-69-98-60-76-36-16-15-35-75(76)52-88(98)64-104-117(69)124(91-58-85(73-31-11-5-12-32-73)55-86(59-91)74-33-13-6-14-34-74)108-68-100-95-50-49-79(67-109(95)127-120(100)113-102-62-81-38-18-22-42-94(81)112-97-44-24-26-46-106(97)126(119(102)112)122(104)115(108)113)77-47-48-78-53-89-65-103-116(70(2)99(89)63-87(78)51-77)123(90-56-83(71-27-7-3-8-28-71)54-84(57-90)72-29-9-4-10-30-72)107-66-82-39-19-20-40-92(82)110-101-61-80-37-17-21-41-93(80)111-96-43-23-25-45-105(96)125(118(101)111)121(103)114(107)110/h3-68H,1-2H3. The molecule has 0 saturated carbocycles. The lowest BCUT2D eigenvalue weighted by atomic mass is 9.44. The Morgan fingerprint density at radius 1 is 0.236 bits per heavy atom. The first-order chi connectivity index (χ1) is 62.8. The number of benzene rings is 22. The maximum absolute atomic E-state index is 7.89. The van der Waals surface area contributed by atoms with Gasteiger partial charge in [0, 0.05) is 105 Å². The Kier molecular flexibility index (Phi) is 14.0. The van der Waals surface area contributed by atoms with E-state index in [0.29, 0.717) is 0 Å². The van der Waals surface area contributed by atoms with Crippen molar-refractivity contribution in [2.24, 2.45) is 0 Å². The number of para-hydroxylation sites is 2. The third-order valence-electron chi connectivity index (χ3n) is 29.1. The van der Waals surface area contributed by atoms with Crippen molar-refractivity contribution >= 4 is 211 Å². The summed E-state index contributed by atoms with van der Waals surface area (Å²) < 4.78 is 13.3. The Balaban J connectivity index is 0.668. The molecule has 5 nitrogen and oxygen atoms in total. The molecule has 0 spiro atoms. The van der Waals surface area contributed by atoms with Gasteiger partial charge in [-0.2, -0.15) is 0 Å². The Bertz CT molecular complexity index is 9150. The van der Waals surface area contributed by atoms with E-state index in [1.807, 2.05) is 0 Å². The number of fused-ring (bicyclic) bond motifs is 28. The fourth-order valence-electron chi connectivity index (χ4n) is 23.7. The average molecular weight is 1610 g/mol.